The summed E-state index contributed by atoms with van der Waals surface area (Å²) in [7, 11) is 0. The molecule has 0 radical (unpaired) electrons. The van der Waals surface area contributed by atoms with E-state index in [2.05, 4.69) is 27.6 Å². The number of alkyl halides is 1. The third-order valence-corrected chi connectivity index (χ3v) is 3.38. The van der Waals surface area contributed by atoms with Crippen LogP contribution in [0.5, 0.6) is 0 Å². The van der Waals surface area contributed by atoms with Gasteiger partial charge in [0, 0.05) is 3.57 Å². The molecule has 0 aliphatic rings. The lowest BCUT2D eigenvalue weighted by Gasteiger charge is -2.07. The molecule has 7 heteroatoms. The van der Waals surface area contributed by atoms with Crippen LogP contribution in [-0.4, -0.2) is 22.3 Å². The highest BCUT2D eigenvalue weighted by Gasteiger charge is 2.10. The largest absolute Gasteiger partial charge is 0.448 e. The van der Waals surface area contributed by atoms with Crippen LogP contribution < -0.4 is 5.73 Å². The van der Waals surface area contributed by atoms with Gasteiger partial charge in [0.2, 0.25) is 0 Å². The Morgan fingerprint density at radius 2 is 2.33 bits per heavy atom. The number of benzene rings is 1. The van der Waals surface area contributed by atoms with Crippen molar-refractivity contribution in [2.75, 3.05) is 6.61 Å². The number of imidazole rings is 1. The molecule has 0 aliphatic heterocycles. The summed E-state index contributed by atoms with van der Waals surface area (Å²) in [5, 5.41) is 0. The van der Waals surface area contributed by atoms with Gasteiger partial charge in [-0.25, -0.2) is 9.78 Å². The Morgan fingerprint density at radius 1 is 1.56 bits per heavy atom. The van der Waals surface area contributed by atoms with Crippen molar-refractivity contribution in [1.82, 2.24) is 9.55 Å². The van der Waals surface area contributed by atoms with E-state index in [0.717, 1.165) is 20.4 Å². The quantitative estimate of drug-likeness (QED) is 0.655. The molecule has 1 aromatic carbocycles. The topological polar surface area (TPSA) is 70.1 Å². The van der Waals surface area contributed by atoms with E-state index in [-0.39, 0.29) is 6.61 Å². The molecule has 96 valence electrons. The van der Waals surface area contributed by atoms with Crippen LogP contribution in [0.3, 0.4) is 0 Å². The van der Waals surface area contributed by atoms with E-state index in [1.807, 2.05) is 22.8 Å². The van der Waals surface area contributed by atoms with E-state index in [1.165, 1.54) is 0 Å². The summed E-state index contributed by atoms with van der Waals surface area (Å²) >= 11 is 8.10. The van der Waals surface area contributed by atoms with Gasteiger partial charge in [0.15, 0.2) is 0 Å². The summed E-state index contributed by atoms with van der Waals surface area (Å²) in [5.41, 5.74) is 6.78. The zero-order valence-electron chi connectivity index (χ0n) is 9.40. The Morgan fingerprint density at radius 3 is 3.00 bits per heavy atom. The second-order valence-electron chi connectivity index (χ2n) is 3.61. The summed E-state index contributed by atoms with van der Waals surface area (Å²) in [6.07, 6.45) is -0.776. The molecule has 1 aromatic heterocycles. The number of halogens is 2. The van der Waals surface area contributed by atoms with Gasteiger partial charge in [-0.05, 0) is 40.8 Å². The fourth-order valence-corrected chi connectivity index (χ4v) is 2.42. The number of aromatic nitrogens is 2. The first-order valence-corrected chi connectivity index (χ1v) is 6.86. The highest BCUT2D eigenvalue weighted by Crippen LogP contribution is 2.20. The third kappa shape index (κ3) is 2.86. The maximum absolute atomic E-state index is 10.5. The highest BCUT2D eigenvalue weighted by molar-refractivity contribution is 14.1. The standard InChI is InChI=1S/C11H11ClIN3O2/c12-6-10-15-8-5-7(13)1-2-9(8)16(10)3-4-18-11(14)17/h1-2,5H,3-4,6H2,(H2,14,17). The summed E-state index contributed by atoms with van der Waals surface area (Å²) in [4.78, 5) is 15.0. The minimum atomic E-state index is -0.776. The Labute approximate surface area is 122 Å². The Hall–Kier alpha value is -1.02. The molecule has 0 fully saturated rings. The highest BCUT2D eigenvalue weighted by atomic mass is 127. The van der Waals surface area contributed by atoms with Crippen molar-refractivity contribution in [2.24, 2.45) is 5.73 Å². The van der Waals surface area contributed by atoms with Crippen LogP contribution in [0.1, 0.15) is 5.82 Å². The van der Waals surface area contributed by atoms with E-state index in [1.54, 1.807) is 0 Å². The van der Waals surface area contributed by atoms with Crippen LogP contribution in [0, 0.1) is 3.57 Å². The number of carbonyl (C=O) groups is 1. The molecular weight excluding hydrogens is 368 g/mol. The van der Waals surface area contributed by atoms with E-state index >= 15 is 0 Å². The predicted octanol–water partition coefficient (Wildman–Crippen LogP) is 2.48. The number of nitrogens with two attached hydrogens (primary N) is 1. The van der Waals surface area contributed by atoms with Gasteiger partial charge in [0.1, 0.15) is 12.4 Å². The molecule has 18 heavy (non-hydrogen) atoms. The minimum absolute atomic E-state index is 0.205. The molecule has 0 unspecified atom stereocenters. The molecule has 2 N–H and O–H groups in total. The number of rotatable bonds is 4. The summed E-state index contributed by atoms with van der Waals surface area (Å²) in [6.45, 7) is 0.693. The van der Waals surface area contributed by atoms with Crippen molar-refractivity contribution in [2.45, 2.75) is 12.4 Å². The van der Waals surface area contributed by atoms with Crippen LogP contribution in [0.15, 0.2) is 18.2 Å². The summed E-state index contributed by atoms with van der Waals surface area (Å²) in [5.74, 6) is 1.06. The van der Waals surface area contributed by atoms with Crippen LogP contribution in [-0.2, 0) is 17.2 Å². The smallest absolute Gasteiger partial charge is 0.404 e. The average molecular weight is 380 g/mol. The minimum Gasteiger partial charge on any atom is -0.448 e. The summed E-state index contributed by atoms with van der Waals surface area (Å²) < 4.78 is 7.78. The van der Waals surface area contributed by atoms with E-state index in [4.69, 9.17) is 22.1 Å². The van der Waals surface area contributed by atoms with Crippen LogP contribution >= 0.6 is 34.2 Å². The molecule has 0 saturated carbocycles. The van der Waals surface area contributed by atoms with Crippen LogP contribution in [0.25, 0.3) is 11.0 Å². The van der Waals surface area contributed by atoms with Gasteiger partial charge >= 0.3 is 6.09 Å². The molecule has 1 amide bonds. The molecule has 0 spiro atoms. The number of amides is 1. The molecule has 2 aromatic rings. The van der Waals surface area contributed by atoms with E-state index < -0.39 is 6.09 Å². The maximum atomic E-state index is 10.5. The van der Waals surface area contributed by atoms with Gasteiger partial charge < -0.3 is 15.0 Å². The van der Waals surface area contributed by atoms with Gasteiger partial charge in [-0.3, -0.25) is 0 Å². The Bertz CT molecular complexity index is 585. The molecule has 0 aliphatic carbocycles. The normalized spacial score (nSPS) is 10.8. The zero-order chi connectivity index (χ0) is 13.1. The number of nitrogens with zero attached hydrogens (tertiary/aromatic N) is 2. The van der Waals surface area contributed by atoms with Crippen molar-refractivity contribution in [3.05, 3.63) is 27.6 Å². The predicted molar refractivity (Wildman–Crippen MR) is 77.5 cm³/mol. The van der Waals surface area contributed by atoms with Crippen LogP contribution in [0.2, 0.25) is 0 Å². The second-order valence-corrected chi connectivity index (χ2v) is 5.13. The maximum Gasteiger partial charge on any atom is 0.404 e. The molecule has 2 rings (SSSR count). The summed E-state index contributed by atoms with van der Waals surface area (Å²) in [6, 6.07) is 5.95. The van der Waals surface area contributed by atoms with Crippen molar-refractivity contribution >= 4 is 51.3 Å². The van der Waals surface area contributed by atoms with E-state index in [0.29, 0.717) is 12.4 Å². The lowest BCUT2D eigenvalue weighted by Crippen LogP contribution is -2.17. The number of fused-ring (bicyclic) bond motifs is 1. The molecule has 0 saturated heterocycles. The van der Waals surface area contributed by atoms with E-state index in [9.17, 15) is 4.79 Å². The van der Waals surface area contributed by atoms with Crippen molar-refractivity contribution < 1.29 is 9.53 Å². The number of hydrogen-bond acceptors (Lipinski definition) is 3. The number of carbonyl (C=O) groups excluding carboxylic acids is 1. The Kier molecular flexibility index (Phi) is 4.28. The fourth-order valence-electron chi connectivity index (χ4n) is 1.74. The number of ether oxygens (including phenoxy) is 1. The van der Waals surface area contributed by atoms with Crippen molar-refractivity contribution in [1.29, 1.82) is 0 Å². The van der Waals surface area contributed by atoms with Gasteiger partial charge in [-0.2, -0.15) is 0 Å². The zero-order valence-corrected chi connectivity index (χ0v) is 12.3. The third-order valence-electron chi connectivity index (χ3n) is 2.47. The number of primary amides is 1. The molecule has 0 atom stereocenters. The molecular formula is C11H11ClIN3O2. The molecule has 1 heterocycles. The lowest BCUT2D eigenvalue weighted by molar-refractivity contribution is 0.152. The first-order chi connectivity index (χ1) is 8.61. The lowest BCUT2D eigenvalue weighted by atomic mass is 10.3. The van der Waals surface area contributed by atoms with Crippen molar-refractivity contribution in [3.8, 4) is 0 Å². The average Bonchev–Trinajstić information content (AvgIpc) is 2.66. The molecule has 0 bridgehead atoms. The van der Waals surface area contributed by atoms with Gasteiger partial charge in [-0.15, -0.1) is 11.6 Å². The fraction of sp³-hybridized carbons (Fsp3) is 0.273. The molecule has 5 nitrogen and oxygen atoms in total. The van der Waals surface area contributed by atoms with Gasteiger partial charge in [0.25, 0.3) is 0 Å². The monoisotopic (exact) mass is 379 g/mol. The first-order valence-electron chi connectivity index (χ1n) is 5.24. The second kappa shape index (κ2) is 5.75. The van der Waals surface area contributed by atoms with Crippen molar-refractivity contribution in [3.63, 3.8) is 0 Å². The van der Waals surface area contributed by atoms with Gasteiger partial charge in [-0.1, -0.05) is 0 Å². The Balaban J connectivity index is 2.31. The van der Waals surface area contributed by atoms with Crippen LogP contribution in [0.4, 0.5) is 4.79 Å². The van der Waals surface area contributed by atoms with Gasteiger partial charge in [0.05, 0.1) is 23.5 Å². The SMILES string of the molecule is NC(=O)OCCn1c(CCl)nc2cc(I)ccc21. The first kappa shape index (κ1) is 13.4. The number of hydrogen-bond donors (Lipinski definition) is 1.